The first-order chi connectivity index (χ1) is 13.5. The van der Waals surface area contributed by atoms with Crippen LogP contribution in [0.15, 0.2) is 47.1 Å². The summed E-state index contributed by atoms with van der Waals surface area (Å²) < 4.78 is 11.4. The Labute approximate surface area is 170 Å². The van der Waals surface area contributed by atoms with E-state index in [4.69, 9.17) is 9.15 Å². The highest BCUT2D eigenvalue weighted by Crippen LogP contribution is 2.24. The van der Waals surface area contributed by atoms with E-state index < -0.39 is 14.2 Å². The van der Waals surface area contributed by atoms with Gasteiger partial charge in [0.15, 0.2) is 6.10 Å². The van der Waals surface area contributed by atoms with Crippen LogP contribution in [-0.4, -0.2) is 14.0 Å². The molecule has 3 nitrogen and oxygen atoms in total. The molecule has 0 bridgehead atoms. The second-order valence-electron chi connectivity index (χ2n) is 7.24. The van der Waals surface area contributed by atoms with Gasteiger partial charge < -0.3 is 9.15 Å². The Morgan fingerprint density at radius 1 is 1.14 bits per heavy atom. The van der Waals surface area contributed by atoms with Gasteiger partial charge in [-0.15, -0.1) is 0 Å². The lowest BCUT2D eigenvalue weighted by Gasteiger charge is -2.24. The van der Waals surface area contributed by atoms with Gasteiger partial charge in [-0.1, -0.05) is 81.1 Å². The van der Waals surface area contributed by atoms with Crippen molar-refractivity contribution in [2.24, 2.45) is 0 Å². The lowest BCUT2D eigenvalue weighted by molar-refractivity contribution is -0.144. The van der Waals surface area contributed by atoms with Gasteiger partial charge in [-0.2, -0.15) is 0 Å². The molecule has 0 spiro atoms. The molecule has 0 radical (unpaired) electrons. The number of hydrogen-bond donors (Lipinski definition) is 0. The minimum absolute atomic E-state index is 0.323. The van der Waals surface area contributed by atoms with Crippen LogP contribution >= 0.6 is 0 Å². The van der Waals surface area contributed by atoms with Crippen molar-refractivity contribution in [2.45, 2.75) is 71.2 Å². The summed E-state index contributed by atoms with van der Waals surface area (Å²) in [4.78, 5) is 11.6. The molecule has 28 heavy (non-hydrogen) atoms. The molecule has 0 N–H and O–H groups in total. The highest BCUT2D eigenvalue weighted by molar-refractivity contribution is 6.90. The summed E-state index contributed by atoms with van der Waals surface area (Å²) in [6, 6.07) is 15.9. The van der Waals surface area contributed by atoms with Gasteiger partial charge in [-0.25, -0.2) is 0 Å². The molecule has 1 atom stereocenters. The number of carbonyl (C=O) groups excluding carboxylic acids is 1. The van der Waals surface area contributed by atoms with Gasteiger partial charge >= 0.3 is 5.97 Å². The molecule has 1 unspecified atom stereocenters. The Morgan fingerprint density at radius 2 is 1.82 bits per heavy atom. The monoisotopic (exact) mass is 396 g/mol. The minimum Gasteiger partial charge on any atom is -0.474 e. The maximum Gasteiger partial charge on any atom is 0.304 e. The molecule has 2 rings (SSSR count). The van der Waals surface area contributed by atoms with Crippen LogP contribution < -0.4 is 5.38 Å². The van der Waals surface area contributed by atoms with Crippen molar-refractivity contribution < 1.29 is 13.9 Å². The third kappa shape index (κ3) is 5.87. The summed E-state index contributed by atoms with van der Waals surface area (Å²) in [6.07, 6.45) is 3.93. The number of aryl methyl sites for hydroxylation is 1. The van der Waals surface area contributed by atoms with Crippen LogP contribution in [0.5, 0.6) is 0 Å². The molecule has 0 aliphatic heterocycles. The Morgan fingerprint density at radius 3 is 2.43 bits per heavy atom. The molecule has 0 aliphatic rings. The van der Waals surface area contributed by atoms with Crippen LogP contribution in [0, 0.1) is 11.8 Å². The quantitative estimate of drug-likeness (QED) is 0.239. The van der Waals surface area contributed by atoms with E-state index in [0.717, 1.165) is 48.3 Å². The number of unbranched alkanes of at least 4 members (excludes halogenated alkanes) is 1. The zero-order valence-corrected chi connectivity index (χ0v) is 18.6. The number of hydrogen-bond acceptors (Lipinski definition) is 3. The van der Waals surface area contributed by atoms with E-state index in [2.05, 4.69) is 62.9 Å². The second kappa shape index (κ2) is 10.9. The number of furan rings is 1. The van der Waals surface area contributed by atoms with Crippen molar-refractivity contribution in [1.82, 2.24) is 0 Å². The lowest BCUT2D eigenvalue weighted by Crippen LogP contribution is -2.44. The highest BCUT2D eigenvalue weighted by Gasteiger charge is 2.33. The first kappa shape index (κ1) is 22.0. The van der Waals surface area contributed by atoms with Gasteiger partial charge in [0.1, 0.15) is 8.07 Å². The molecule has 2 aromatic rings. The van der Waals surface area contributed by atoms with Crippen LogP contribution in [0.4, 0.5) is 0 Å². The number of ether oxygens (including phenoxy) is 1. The molecule has 0 amide bonds. The Hall–Kier alpha value is -2.25. The third-order valence-corrected chi connectivity index (χ3v) is 11.0. The largest absolute Gasteiger partial charge is 0.474 e. The number of carbonyl (C=O) groups is 1. The number of rotatable bonds is 9. The van der Waals surface area contributed by atoms with Crippen LogP contribution in [0.25, 0.3) is 0 Å². The van der Waals surface area contributed by atoms with Gasteiger partial charge in [0.25, 0.3) is 0 Å². The van der Waals surface area contributed by atoms with E-state index in [1.54, 1.807) is 6.26 Å². The lowest BCUT2D eigenvalue weighted by atomic mass is 10.1. The van der Waals surface area contributed by atoms with Crippen LogP contribution in [-0.2, 0) is 16.0 Å². The molecule has 4 heteroatoms. The zero-order chi connectivity index (χ0) is 20.4. The van der Waals surface area contributed by atoms with E-state index in [9.17, 15) is 4.79 Å². The summed E-state index contributed by atoms with van der Waals surface area (Å²) in [5.41, 5.74) is 2.17. The van der Waals surface area contributed by atoms with Gasteiger partial charge in [-0.3, -0.25) is 4.79 Å². The Kier molecular flexibility index (Phi) is 8.60. The molecular formula is C24H32O3Si. The number of benzene rings is 1. The predicted octanol–water partition coefficient (Wildman–Crippen LogP) is 5.63. The van der Waals surface area contributed by atoms with Gasteiger partial charge in [0.2, 0.25) is 0 Å². The first-order valence-electron chi connectivity index (χ1n) is 10.3. The summed E-state index contributed by atoms with van der Waals surface area (Å²) in [5, 5.41) is 1.10. The van der Waals surface area contributed by atoms with Gasteiger partial charge in [0.05, 0.1) is 11.6 Å². The fourth-order valence-electron chi connectivity index (χ4n) is 3.58. The molecule has 150 valence electrons. The van der Waals surface area contributed by atoms with E-state index in [-0.39, 0.29) is 5.97 Å². The Bertz CT molecular complexity index is 786. The predicted molar refractivity (Wildman–Crippen MR) is 117 cm³/mol. The van der Waals surface area contributed by atoms with Gasteiger partial charge in [0, 0.05) is 18.9 Å². The standard InChI is InChI=1S/C24H32O3Si/c1-5-28(6-2,7-3)24-18-22(19-26-24)23(27-20(4)25)17-13-9-12-16-21-14-10-8-11-15-21/h8,10-11,14-15,18-19,23H,5-7,9,12,16H2,1-4H3. The van der Waals surface area contributed by atoms with E-state index in [1.807, 2.05) is 6.07 Å². The van der Waals surface area contributed by atoms with Crippen molar-refractivity contribution in [3.8, 4) is 11.8 Å². The van der Waals surface area contributed by atoms with Crippen LogP contribution in [0.3, 0.4) is 0 Å². The average molecular weight is 397 g/mol. The molecule has 0 saturated carbocycles. The van der Waals surface area contributed by atoms with Crippen molar-refractivity contribution in [2.75, 3.05) is 0 Å². The molecule has 0 saturated heterocycles. The SMILES string of the molecule is CC[Si](CC)(CC)c1cc(C(C#CCCCc2ccccc2)OC(C)=O)co1. The van der Waals surface area contributed by atoms with Crippen molar-refractivity contribution in [3.63, 3.8) is 0 Å². The summed E-state index contributed by atoms with van der Waals surface area (Å²) in [6.45, 7) is 8.17. The first-order valence-corrected chi connectivity index (χ1v) is 12.9. The Balaban J connectivity index is 2.07. The molecule has 1 aromatic heterocycles. The topological polar surface area (TPSA) is 39.4 Å². The van der Waals surface area contributed by atoms with Gasteiger partial charge in [-0.05, 0) is 24.5 Å². The molecular weight excluding hydrogens is 364 g/mol. The zero-order valence-electron chi connectivity index (χ0n) is 17.6. The average Bonchev–Trinajstić information content (AvgIpc) is 3.20. The highest BCUT2D eigenvalue weighted by atomic mass is 28.3. The smallest absolute Gasteiger partial charge is 0.304 e. The van der Waals surface area contributed by atoms with E-state index >= 15 is 0 Å². The normalized spacial score (nSPS) is 12.1. The van der Waals surface area contributed by atoms with Crippen molar-refractivity contribution in [3.05, 3.63) is 53.8 Å². The van der Waals surface area contributed by atoms with Crippen LogP contribution in [0.2, 0.25) is 18.1 Å². The molecule has 1 heterocycles. The maximum absolute atomic E-state index is 11.6. The summed E-state index contributed by atoms with van der Waals surface area (Å²) in [7, 11) is -1.60. The van der Waals surface area contributed by atoms with E-state index in [0.29, 0.717) is 0 Å². The summed E-state index contributed by atoms with van der Waals surface area (Å²) >= 11 is 0. The molecule has 0 aliphatic carbocycles. The number of esters is 1. The molecule has 0 fully saturated rings. The maximum atomic E-state index is 11.6. The summed E-state index contributed by atoms with van der Waals surface area (Å²) in [5.74, 6) is 6.00. The fraction of sp³-hybridized carbons (Fsp3) is 0.458. The van der Waals surface area contributed by atoms with E-state index in [1.165, 1.54) is 12.5 Å². The second-order valence-corrected chi connectivity index (χ2v) is 12.4. The molecule has 1 aromatic carbocycles. The third-order valence-electron chi connectivity index (χ3n) is 5.60. The van der Waals surface area contributed by atoms with Crippen molar-refractivity contribution in [1.29, 1.82) is 0 Å². The van der Waals surface area contributed by atoms with Crippen molar-refractivity contribution >= 4 is 19.4 Å². The fourth-order valence-corrected chi connectivity index (χ4v) is 6.90. The minimum atomic E-state index is -1.60. The van der Waals surface area contributed by atoms with Crippen LogP contribution in [0.1, 0.15) is 57.8 Å².